The van der Waals surface area contributed by atoms with Crippen LogP contribution in [0, 0.1) is 27.7 Å². The number of carbonyl (C=O) groups excluding carboxylic acids is 4. The van der Waals surface area contributed by atoms with Gasteiger partial charge in [0.2, 0.25) is 12.5 Å². The number of hydrogen-bond acceptors (Lipinski definition) is 8. The Kier molecular flexibility index (Phi) is 7.93. The first-order valence-electron chi connectivity index (χ1n) is 9.51. The molecule has 12 heteroatoms. The van der Waals surface area contributed by atoms with Crippen LogP contribution in [0.3, 0.4) is 0 Å². The molecule has 32 heavy (non-hydrogen) atoms. The Hall–Kier alpha value is -3.90. The summed E-state index contributed by atoms with van der Waals surface area (Å²) < 4.78 is 12.4. The van der Waals surface area contributed by atoms with Crippen LogP contribution in [0.25, 0.3) is 0 Å². The van der Waals surface area contributed by atoms with Crippen molar-refractivity contribution in [2.75, 3.05) is 10.9 Å². The van der Waals surface area contributed by atoms with Gasteiger partial charge in [-0.1, -0.05) is 0 Å². The van der Waals surface area contributed by atoms with Crippen LogP contribution < -0.4 is 22.3 Å². The largest absolute Gasteiger partial charge is 0.434 e. The monoisotopic (exact) mass is 446 g/mol. The third-order valence-electron chi connectivity index (χ3n) is 4.34. The standard InChI is InChI=1S/C20H26N6O6/c1-11-5-6-12(2)25(11)23-19(29)17(21)31-15(27)9-10-16(28)32-18(22)20(30)24-26-13(3)7-8-14(26)4/h5-10,17-18H,21-22H2,1-4H3,(H,23,29)(H,24,30)/b10-9+. The Bertz CT molecular complexity index is 932. The molecule has 0 aromatic carbocycles. The van der Waals surface area contributed by atoms with Crippen LogP contribution in [0.15, 0.2) is 36.4 Å². The molecule has 2 amide bonds. The van der Waals surface area contributed by atoms with Crippen molar-refractivity contribution in [3.63, 3.8) is 0 Å². The highest BCUT2D eigenvalue weighted by molar-refractivity contribution is 5.96. The number of nitrogens with two attached hydrogens (primary N) is 2. The van der Waals surface area contributed by atoms with E-state index in [1.165, 1.54) is 9.35 Å². The summed E-state index contributed by atoms with van der Waals surface area (Å²) in [5.74, 6) is -3.68. The number of hydrogen-bond donors (Lipinski definition) is 4. The highest BCUT2D eigenvalue weighted by Crippen LogP contribution is 2.05. The quantitative estimate of drug-likeness (QED) is 0.240. The highest BCUT2D eigenvalue weighted by Gasteiger charge is 2.20. The number of nitrogens with one attached hydrogen (secondary N) is 2. The van der Waals surface area contributed by atoms with Gasteiger partial charge in [0.25, 0.3) is 11.8 Å². The van der Waals surface area contributed by atoms with Gasteiger partial charge in [0.15, 0.2) is 0 Å². The zero-order valence-corrected chi connectivity index (χ0v) is 18.1. The summed E-state index contributed by atoms with van der Waals surface area (Å²) in [6, 6.07) is 7.14. The molecule has 2 rings (SSSR count). The number of amides is 2. The van der Waals surface area contributed by atoms with Crippen LogP contribution >= 0.6 is 0 Å². The fraction of sp³-hybridized carbons (Fsp3) is 0.300. The smallest absolute Gasteiger partial charge is 0.333 e. The molecule has 0 aliphatic heterocycles. The molecule has 0 aliphatic rings. The van der Waals surface area contributed by atoms with Crippen molar-refractivity contribution in [3.05, 3.63) is 59.2 Å². The predicted molar refractivity (Wildman–Crippen MR) is 114 cm³/mol. The van der Waals surface area contributed by atoms with Crippen molar-refractivity contribution in [1.29, 1.82) is 0 Å². The van der Waals surface area contributed by atoms with E-state index in [-0.39, 0.29) is 0 Å². The van der Waals surface area contributed by atoms with Crippen LogP contribution in [0.1, 0.15) is 22.8 Å². The number of aromatic nitrogens is 2. The highest BCUT2D eigenvalue weighted by atomic mass is 16.6. The lowest BCUT2D eigenvalue weighted by Crippen LogP contribution is -2.43. The Morgan fingerprint density at radius 3 is 1.28 bits per heavy atom. The summed E-state index contributed by atoms with van der Waals surface area (Å²) in [4.78, 5) is 47.8. The molecule has 2 atom stereocenters. The third kappa shape index (κ3) is 6.30. The Labute approximate surface area is 184 Å². The SMILES string of the molecule is Cc1ccc(C)n1NC(=O)C(N)OC(=O)/C=C/C(=O)OC(N)C(=O)Nn1c(C)ccc1C. The second kappa shape index (κ2) is 10.4. The van der Waals surface area contributed by atoms with Gasteiger partial charge in [-0.2, -0.15) is 0 Å². The first-order valence-corrected chi connectivity index (χ1v) is 9.51. The second-order valence-electron chi connectivity index (χ2n) is 6.90. The minimum absolute atomic E-state index is 0.701. The van der Waals surface area contributed by atoms with Crippen LogP contribution in [-0.4, -0.2) is 45.6 Å². The molecule has 172 valence electrons. The molecular formula is C20H26N6O6. The van der Waals surface area contributed by atoms with Crippen molar-refractivity contribution >= 4 is 23.8 Å². The van der Waals surface area contributed by atoms with Gasteiger partial charge in [0, 0.05) is 34.9 Å². The lowest BCUT2D eigenvalue weighted by atomic mass is 10.4. The minimum atomic E-state index is -1.62. The summed E-state index contributed by atoms with van der Waals surface area (Å²) in [6.45, 7) is 7.08. The fourth-order valence-corrected chi connectivity index (χ4v) is 2.61. The van der Waals surface area contributed by atoms with E-state index in [9.17, 15) is 19.2 Å². The molecule has 2 aromatic heterocycles. The lowest BCUT2D eigenvalue weighted by Gasteiger charge is -2.16. The topological polar surface area (TPSA) is 173 Å². The second-order valence-corrected chi connectivity index (χ2v) is 6.90. The zero-order chi connectivity index (χ0) is 24.0. The number of carbonyl (C=O) groups is 4. The van der Waals surface area contributed by atoms with Gasteiger partial charge >= 0.3 is 11.9 Å². The van der Waals surface area contributed by atoms with E-state index in [4.69, 9.17) is 20.9 Å². The van der Waals surface area contributed by atoms with E-state index < -0.39 is 36.2 Å². The number of aryl methyl sites for hydroxylation is 4. The van der Waals surface area contributed by atoms with E-state index in [2.05, 4.69) is 10.9 Å². The van der Waals surface area contributed by atoms with Gasteiger partial charge in [-0.15, -0.1) is 0 Å². The molecule has 2 unspecified atom stereocenters. The molecule has 0 radical (unpaired) electrons. The minimum Gasteiger partial charge on any atom is -0.434 e. The van der Waals surface area contributed by atoms with Crippen molar-refractivity contribution in [3.8, 4) is 0 Å². The van der Waals surface area contributed by atoms with Crippen molar-refractivity contribution in [1.82, 2.24) is 9.35 Å². The Morgan fingerprint density at radius 1 is 0.719 bits per heavy atom. The average Bonchev–Trinajstić information content (AvgIpc) is 3.22. The summed E-state index contributed by atoms with van der Waals surface area (Å²) in [5.41, 5.74) is 19.1. The molecule has 0 fully saturated rings. The molecule has 2 heterocycles. The number of esters is 2. The number of nitrogens with zero attached hydrogens (tertiary/aromatic N) is 2. The maximum atomic E-state index is 12.1. The summed E-state index contributed by atoms with van der Waals surface area (Å²) in [5, 5.41) is 0. The van der Waals surface area contributed by atoms with E-state index in [1.54, 1.807) is 52.0 Å². The van der Waals surface area contributed by atoms with E-state index in [0.29, 0.717) is 12.2 Å². The van der Waals surface area contributed by atoms with Crippen molar-refractivity contribution in [2.24, 2.45) is 11.5 Å². The Balaban J connectivity index is 1.82. The number of ether oxygens (including phenoxy) is 2. The fourth-order valence-electron chi connectivity index (χ4n) is 2.61. The molecule has 0 saturated heterocycles. The van der Waals surface area contributed by atoms with E-state index in [1.807, 2.05) is 0 Å². The normalized spacial score (nSPS) is 12.8. The van der Waals surface area contributed by atoms with Gasteiger partial charge in [-0.3, -0.25) is 41.3 Å². The lowest BCUT2D eigenvalue weighted by molar-refractivity contribution is -0.151. The first kappa shape index (κ1) is 24.4. The molecule has 0 bridgehead atoms. The predicted octanol–water partition coefficient (Wildman–Crippen LogP) is -0.424. The molecule has 0 saturated carbocycles. The summed E-state index contributed by atoms with van der Waals surface area (Å²) >= 11 is 0. The maximum Gasteiger partial charge on any atom is 0.333 e. The average molecular weight is 446 g/mol. The maximum absolute atomic E-state index is 12.1. The molecular weight excluding hydrogens is 420 g/mol. The van der Waals surface area contributed by atoms with Gasteiger partial charge in [0.1, 0.15) is 0 Å². The van der Waals surface area contributed by atoms with E-state index in [0.717, 1.165) is 22.8 Å². The molecule has 0 aliphatic carbocycles. The molecule has 2 aromatic rings. The van der Waals surface area contributed by atoms with Crippen molar-refractivity contribution in [2.45, 2.75) is 40.2 Å². The zero-order valence-electron chi connectivity index (χ0n) is 18.1. The van der Waals surface area contributed by atoms with Crippen LogP contribution in [-0.2, 0) is 28.7 Å². The van der Waals surface area contributed by atoms with Crippen LogP contribution in [0.2, 0.25) is 0 Å². The van der Waals surface area contributed by atoms with Gasteiger partial charge in [-0.05, 0) is 52.0 Å². The number of rotatable bonds is 8. The molecule has 12 nitrogen and oxygen atoms in total. The molecule has 0 spiro atoms. The van der Waals surface area contributed by atoms with Gasteiger partial charge in [0.05, 0.1) is 0 Å². The summed E-state index contributed by atoms with van der Waals surface area (Å²) in [7, 11) is 0. The van der Waals surface area contributed by atoms with Gasteiger partial charge < -0.3 is 9.47 Å². The van der Waals surface area contributed by atoms with E-state index >= 15 is 0 Å². The first-order chi connectivity index (χ1) is 15.0. The summed E-state index contributed by atoms with van der Waals surface area (Å²) in [6.07, 6.45) is -1.84. The third-order valence-corrected chi connectivity index (χ3v) is 4.34. The van der Waals surface area contributed by atoms with Crippen LogP contribution in [0.4, 0.5) is 0 Å². The van der Waals surface area contributed by atoms with Crippen LogP contribution in [0.5, 0.6) is 0 Å². The molecule has 6 N–H and O–H groups in total. The Morgan fingerprint density at radius 2 is 1.00 bits per heavy atom. The van der Waals surface area contributed by atoms with Crippen molar-refractivity contribution < 1.29 is 28.7 Å². The van der Waals surface area contributed by atoms with Gasteiger partial charge in [-0.25, -0.2) is 9.59 Å².